The van der Waals surface area contributed by atoms with E-state index in [9.17, 15) is 8.78 Å². The number of fused-ring (bicyclic) bond motifs is 2. The summed E-state index contributed by atoms with van der Waals surface area (Å²) in [6, 6.07) is 6.10. The number of halogens is 2. The fourth-order valence-electron chi connectivity index (χ4n) is 4.55. The molecule has 2 atom stereocenters. The summed E-state index contributed by atoms with van der Waals surface area (Å²) < 4.78 is 33.7. The van der Waals surface area contributed by atoms with Crippen molar-refractivity contribution >= 4 is 22.4 Å². The van der Waals surface area contributed by atoms with E-state index in [0.717, 1.165) is 62.0 Å². The summed E-state index contributed by atoms with van der Waals surface area (Å²) in [4.78, 5) is 9.46. The molecule has 1 N–H and O–H groups in total. The van der Waals surface area contributed by atoms with E-state index in [4.69, 9.17) is 4.74 Å². The number of anilines is 2. The maximum atomic E-state index is 14.3. The molecule has 168 valence electrons. The predicted octanol–water partition coefficient (Wildman–Crippen LogP) is 3.31. The Balaban J connectivity index is 1.46. The molecule has 0 amide bonds. The average Bonchev–Trinajstić information content (AvgIpc) is 2.82. The van der Waals surface area contributed by atoms with Gasteiger partial charge in [0.25, 0.3) is 0 Å². The van der Waals surface area contributed by atoms with Gasteiger partial charge >= 0.3 is 0 Å². The Hall–Kier alpha value is -2.91. The lowest BCUT2D eigenvalue weighted by Crippen LogP contribution is -2.58. The molecule has 5 rings (SSSR count). The molecule has 0 bridgehead atoms. The second kappa shape index (κ2) is 8.55. The average molecular weight is 440 g/mol. The van der Waals surface area contributed by atoms with Crippen molar-refractivity contribution < 1.29 is 13.5 Å². The molecule has 0 saturated carbocycles. The molecule has 7 nitrogen and oxygen atoms in total. The standard InChI is InChI=1S/C23H26F2N6O/c1-14(18-4-3-5-20(24)21(18)25)27-23-19-10-16(11-26-22(19)15(2)28-29-23)31-7-6-30-8-9-32-13-17(30)12-31/h3-5,10-11,14,17H,6-9,12-13H2,1-2H3,(H,27,29)/t14-,17+/m1/s1. The molecule has 2 aromatic heterocycles. The number of rotatable bonds is 4. The zero-order chi connectivity index (χ0) is 22.2. The van der Waals surface area contributed by atoms with Gasteiger partial charge in [0.1, 0.15) is 0 Å². The molecule has 2 fully saturated rings. The highest BCUT2D eigenvalue weighted by Gasteiger charge is 2.30. The summed E-state index contributed by atoms with van der Waals surface area (Å²) in [6.07, 6.45) is 1.87. The number of nitrogens with one attached hydrogen (secondary N) is 1. The van der Waals surface area contributed by atoms with E-state index in [0.29, 0.717) is 17.6 Å². The van der Waals surface area contributed by atoms with Gasteiger partial charge in [-0.2, -0.15) is 5.10 Å². The van der Waals surface area contributed by atoms with Crippen molar-refractivity contribution in [3.63, 3.8) is 0 Å². The summed E-state index contributed by atoms with van der Waals surface area (Å²) in [7, 11) is 0. The Morgan fingerprint density at radius 2 is 2.06 bits per heavy atom. The first kappa shape index (κ1) is 21.0. The molecule has 2 aliphatic rings. The summed E-state index contributed by atoms with van der Waals surface area (Å²) >= 11 is 0. The summed E-state index contributed by atoms with van der Waals surface area (Å²) in [6.45, 7) is 8.92. The van der Waals surface area contributed by atoms with Crippen molar-refractivity contribution in [3.8, 4) is 0 Å². The van der Waals surface area contributed by atoms with Gasteiger partial charge in [-0.1, -0.05) is 12.1 Å². The Kier molecular flexibility index (Phi) is 5.60. The molecule has 2 aliphatic heterocycles. The third kappa shape index (κ3) is 3.86. The maximum absolute atomic E-state index is 14.3. The minimum Gasteiger partial charge on any atom is -0.378 e. The number of pyridine rings is 1. The summed E-state index contributed by atoms with van der Waals surface area (Å²) in [5, 5.41) is 12.5. The van der Waals surface area contributed by atoms with Gasteiger partial charge in [-0.3, -0.25) is 9.88 Å². The summed E-state index contributed by atoms with van der Waals surface area (Å²) in [5.41, 5.74) is 2.69. The topological polar surface area (TPSA) is 66.4 Å². The largest absolute Gasteiger partial charge is 0.378 e. The highest BCUT2D eigenvalue weighted by molar-refractivity contribution is 5.92. The number of ether oxygens (including phenoxy) is 1. The van der Waals surface area contributed by atoms with Crippen LogP contribution in [0, 0.1) is 18.6 Å². The first-order valence-corrected chi connectivity index (χ1v) is 10.9. The van der Waals surface area contributed by atoms with Gasteiger partial charge < -0.3 is 15.0 Å². The van der Waals surface area contributed by atoms with Crippen LogP contribution in [0.25, 0.3) is 10.9 Å². The Labute approximate surface area is 185 Å². The highest BCUT2D eigenvalue weighted by atomic mass is 19.2. The SMILES string of the molecule is Cc1nnc(N[C@H](C)c2cccc(F)c2F)c2cc(N3CCN4CCOC[C@@H]4C3)cnc12. The van der Waals surface area contributed by atoms with Crippen molar-refractivity contribution in [1.82, 2.24) is 20.1 Å². The monoisotopic (exact) mass is 440 g/mol. The highest BCUT2D eigenvalue weighted by Crippen LogP contribution is 2.30. The molecule has 2 saturated heterocycles. The Morgan fingerprint density at radius 1 is 1.19 bits per heavy atom. The van der Waals surface area contributed by atoms with E-state index in [1.54, 1.807) is 13.0 Å². The van der Waals surface area contributed by atoms with E-state index in [1.165, 1.54) is 6.07 Å². The molecule has 4 heterocycles. The smallest absolute Gasteiger partial charge is 0.164 e. The van der Waals surface area contributed by atoms with Crippen LogP contribution in [0.15, 0.2) is 30.5 Å². The van der Waals surface area contributed by atoms with Crippen LogP contribution in [0.5, 0.6) is 0 Å². The van der Waals surface area contributed by atoms with E-state index in [1.807, 2.05) is 13.1 Å². The van der Waals surface area contributed by atoms with Crippen LogP contribution in [0.1, 0.15) is 24.2 Å². The van der Waals surface area contributed by atoms with Gasteiger partial charge in [0, 0.05) is 37.1 Å². The zero-order valence-corrected chi connectivity index (χ0v) is 18.2. The van der Waals surface area contributed by atoms with Crippen LogP contribution in [0.2, 0.25) is 0 Å². The third-order valence-corrected chi connectivity index (χ3v) is 6.38. The first-order chi connectivity index (χ1) is 15.5. The second-order valence-corrected chi connectivity index (χ2v) is 8.44. The number of morpholine rings is 1. The van der Waals surface area contributed by atoms with Gasteiger partial charge in [-0.05, 0) is 26.0 Å². The fraction of sp³-hybridized carbons (Fsp3) is 0.435. The Morgan fingerprint density at radius 3 is 2.94 bits per heavy atom. The van der Waals surface area contributed by atoms with E-state index in [2.05, 4.69) is 36.4 Å². The van der Waals surface area contributed by atoms with Crippen LogP contribution in [0.3, 0.4) is 0 Å². The molecule has 9 heteroatoms. The maximum Gasteiger partial charge on any atom is 0.164 e. The van der Waals surface area contributed by atoms with E-state index >= 15 is 0 Å². The number of piperazine rings is 1. The molecule has 1 aromatic carbocycles. The Bertz CT molecular complexity index is 1140. The molecule has 3 aromatic rings. The van der Waals surface area contributed by atoms with Crippen LogP contribution in [-0.2, 0) is 4.74 Å². The van der Waals surface area contributed by atoms with Crippen molar-refractivity contribution in [2.45, 2.75) is 25.9 Å². The number of hydrogen-bond donors (Lipinski definition) is 1. The summed E-state index contributed by atoms with van der Waals surface area (Å²) in [5.74, 6) is -1.23. The number of hydrogen-bond acceptors (Lipinski definition) is 7. The van der Waals surface area contributed by atoms with Gasteiger partial charge in [0.2, 0.25) is 0 Å². The fourth-order valence-corrected chi connectivity index (χ4v) is 4.55. The second-order valence-electron chi connectivity index (χ2n) is 8.44. The minimum absolute atomic E-state index is 0.234. The van der Waals surface area contributed by atoms with Crippen LogP contribution in [0.4, 0.5) is 20.3 Å². The van der Waals surface area contributed by atoms with E-state index < -0.39 is 17.7 Å². The number of nitrogens with zero attached hydrogens (tertiary/aromatic N) is 5. The van der Waals surface area contributed by atoms with Crippen LogP contribution < -0.4 is 10.2 Å². The van der Waals surface area contributed by atoms with Crippen molar-refractivity contribution in [3.05, 3.63) is 53.4 Å². The molecule has 0 spiro atoms. The predicted molar refractivity (Wildman–Crippen MR) is 119 cm³/mol. The normalized spacial score (nSPS) is 20.2. The molecule has 0 unspecified atom stereocenters. The molecule has 0 aliphatic carbocycles. The van der Waals surface area contributed by atoms with Gasteiger partial charge in [-0.25, -0.2) is 8.78 Å². The van der Waals surface area contributed by atoms with Gasteiger partial charge in [-0.15, -0.1) is 5.10 Å². The molecular weight excluding hydrogens is 414 g/mol. The van der Waals surface area contributed by atoms with Crippen molar-refractivity contribution in [1.29, 1.82) is 0 Å². The third-order valence-electron chi connectivity index (χ3n) is 6.38. The van der Waals surface area contributed by atoms with Gasteiger partial charge in [0.05, 0.1) is 48.4 Å². The lowest BCUT2D eigenvalue weighted by Gasteiger charge is -2.44. The number of benzene rings is 1. The molecular formula is C23H26F2N6O. The molecule has 32 heavy (non-hydrogen) atoms. The minimum atomic E-state index is -0.870. The van der Waals surface area contributed by atoms with Crippen molar-refractivity contribution in [2.75, 3.05) is 49.6 Å². The van der Waals surface area contributed by atoms with E-state index in [-0.39, 0.29) is 5.56 Å². The first-order valence-electron chi connectivity index (χ1n) is 10.9. The van der Waals surface area contributed by atoms with Gasteiger partial charge in [0.15, 0.2) is 17.5 Å². The number of aryl methyl sites for hydroxylation is 1. The number of aromatic nitrogens is 3. The van der Waals surface area contributed by atoms with Crippen molar-refractivity contribution in [2.24, 2.45) is 0 Å². The lowest BCUT2D eigenvalue weighted by atomic mass is 10.1. The molecule has 0 radical (unpaired) electrons. The quantitative estimate of drug-likeness (QED) is 0.668. The lowest BCUT2D eigenvalue weighted by molar-refractivity contribution is -0.0116. The van der Waals surface area contributed by atoms with Crippen LogP contribution in [-0.4, -0.2) is 65.5 Å². The van der Waals surface area contributed by atoms with Crippen LogP contribution >= 0.6 is 0 Å². The zero-order valence-electron chi connectivity index (χ0n) is 18.2.